The zero-order valence-corrected chi connectivity index (χ0v) is 17.9. The molecular weight excluding hydrogens is 418 g/mol. The molecule has 0 unspecified atom stereocenters. The Kier molecular flexibility index (Phi) is 5.97. The average molecular weight is 441 g/mol. The number of benzene rings is 3. The van der Waals surface area contributed by atoms with Gasteiger partial charge in [-0.1, -0.05) is 30.3 Å². The zero-order chi connectivity index (χ0) is 22.5. The monoisotopic (exact) mass is 441 g/mol. The van der Waals surface area contributed by atoms with Crippen LogP contribution in [0.1, 0.15) is 24.4 Å². The molecule has 33 heavy (non-hydrogen) atoms. The summed E-state index contributed by atoms with van der Waals surface area (Å²) in [5.74, 6) is 1.84. The van der Waals surface area contributed by atoms with Crippen molar-refractivity contribution in [1.29, 1.82) is 0 Å². The Labute approximate surface area is 191 Å². The molecule has 1 N–H and O–H groups in total. The van der Waals surface area contributed by atoms with E-state index in [0.29, 0.717) is 24.1 Å². The Hall–Kier alpha value is -4.20. The summed E-state index contributed by atoms with van der Waals surface area (Å²) >= 11 is 0. The van der Waals surface area contributed by atoms with Crippen molar-refractivity contribution in [2.24, 2.45) is 0 Å². The third-order valence-corrected chi connectivity index (χ3v) is 5.25. The van der Waals surface area contributed by atoms with Gasteiger partial charge in [-0.2, -0.15) is 0 Å². The minimum Gasteiger partial charge on any atom is -0.489 e. The highest BCUT2D eigenvalue weighted by atomic mass is 16.5. The van der Waals surface area contributed by atoms with Crippen LogP contribution in [-0.4, -0.2) is 32.7 Å². The number of hydrogen-bond donors (Lipinski definition) is 1. The molecule has 1 heterocycles. The van der Waals surface area contributed by atoms with Gasteiger partial charge in [-0.15, -0.1) is 5.10 Å². The zero-order valence-electron chi connectivity index (χ0n) is 17.9. The van der Waals surface area contributed by atoms with Gasteiger partial charge >= 0.3 is 0 Å². The minimum atomic E-state index is -0.241. The van der Waals surface area contributed by atoms with Gasteiger partial charge in [0.25, 0.3) is 5.91 Å². The number of ether oxygens (including phenoxy) is 2. The molecule has 0 saturated heterocycles. The van der Waals surface area contributed by atoms with Gasteiger partial charge in [0, 0.05) is 11.3 Å². The topological polar surface area (TPSA) is 91.2 Å². The molecule has 1 amide bonds. The smallest absolute Gasteiger partial charge is 0.262 e. The molecule has 1 saturated carbocycles. The molecule has 0 atom stereocenters. The standard InChI is InChI=1S/C25H23N5O3/c31-24(17-33-23-14-12-22(13-15-23)32-16-18-4-2-1-3-5-18)26-20-8-6-19(7-9-20)25-27-28-29-30(25)21-10-11-21/h1-9,12-15,21H,10-11,16-17H2,(H,26,31). The summed E-state index contributed by atoms with van der Waals surface area (Å²) in [5, 5.41) is 14.8. The number of carbonyl (C=O) groups is 1. The van der Waals surface area contributed by atoms with E-state index in [-0.39, 0.29) is 12.5 Å². The molecule has 0 bridgehead atoms. The predicted molar refractivity (Wildman–Crippen MR) is 123 cm³/mol. The summed E-state index contributed by atoms with van der Waals surface area (Å²) in [6.45, 7) is 0.406. The first-order valence-corrected chi connectivity index (χ1v) is 10.8. The van der Waals surface area contributed by atoms with Crippen molar-refractivity contribution < 1.29 is 14.3 Å². The molecule has 8 heteroatoms. The lowest BCUT2D eigenvalue weighted by Gasteiger charge is -2.10. The highest BCUT2D eigenvalue weighted by molar-refractivity contribution is 5.92. The van der Waals surface area contributed by atoms with Gasteiger partial charge in [0.2, 0.25) is 0 Å². The van der Waals surface area contributed by atoms with E-state index in [1.54, 1.807) is 12.1 Å². The van der Waals surface area contributed by atoms with Gasteiger partial charge in [-0.05, 0) is 77.4 Å². The van der Waals surface area contributed by atoms with Crippen LogP contribution >= 0.6 is 0 Å². The molecular formula is C25H23N5O3. The van der Waals surface area contributed by atoms with Crippen LogP contribution in [0.25, 0.3) is 11.4 Å². The van der Waals surface area contributed by atoms with Crippen LogP contribution in [0, 0.1) is 0 Å². The van der Waals surface area contributed by atoms with Crippen LogP contribution in [-0.2, 0) is 11.4 Å². The highest BCUT2D eigenvalue weighted by Crippen LogP contribution is 2.36. The van der Waals surface area contributed by atoms with Crippen molar-refractivity contribution >= 4 is 11.6 Å². The van der Waals surface area contributed by atoms with Gasteiger partial charge in [0.1, 0.15) is 18.1 Å². The first-order chi connectivity index (χ1) is 16.2. The Bertz CT molecular complexity index is 1200. The van der Waals surface area contributed by atoms with Crippen LogP contribution in [0.4, 0.5) is 5.69 Å². The fourth-order valence-corrected chi connectivity index (χ4v) is 3.37. The van der Waals surface area contributed by atoms with Crippen LogP contribution in [0.2, 0.25) is 0 Å². The second-order valence-electron chi connectivity index (χ2n) is 7.84. The summed E-state index contributed by atoms with van der Waals surface area (Å²) < 4.78 is 13.2. The molecule has 1 aliphatic rings. The molecule has 5 rings (SSSR count). The summed E-state index contributed by atoms with van der Waals surface area (Å²) in [5.41, 5.74) is 2.70. The predicted octanol–water partition coefficient (Wildman–Crippen LogP) is 4.27. The number of rotatable bonds is 9. The van der Waals surface area contributed by atoms with E-state index in [4.69, 9.17) is 9.47 Å². The number of hydrogen-bond acceptors (Lipinski definition) is 6. The van der Waals surface area contributed by atoms with E-state index in [1.807, 2.05) is 71.4 Å². The average Bonchev–Trinajstić information content (AvgIpc) is 3.59. The lowest BCUT2D eigenvalue weighted by atomic mass is 10.2. The SMILES string of the molecule is O=C(COc1ccc(OCc2ccccc2)cc1)Nc1ccc(-c2nnnn2C2CC2)cc1. The number of nitrogens with zero attached hydrogens (tertiary/aromatic N) is 4. The van der Waals surface area contributed by atoms with Gasteiger partial charge in [-0.3, -0.25) is 4.79 Å². The molecule has 3 aromatic carbocycles. The van der Waals surface area contributed by atoms with Gasteiger partial charge in [0.15, 0.2) is 12.4 Å². The normalized spacial score (nSPS) is 12.8. The highest BCUT2D eigenvalue weighted by Gasteiger charge is 2.28. The Morgan fingerprint density at radius 3 is 2.30 bits per heavy atom. The van der Waals surface area contributed by atoms with Crippen LogP contribution in [0.3, 0.4) is 0 Å². The Morgan fingerprint density at radius 2 is 1.61 bits per heavy atom. The fourth-order valence-electron chi connectivity index (χ4n) is 3.37. The van der Waals surface area contributed by atoms with Crippen molar-refractivity contribution in [2.75, 3.05) is 11.9 Å². The third-order valence-electron chi connectivity index (χ3n) is 5.25. The number of amides is 1. The number of nitrogens with one attached hydrogen (secondary N) is 1. The van der Waals surface area contributed by atoms with Gasteiger partial charge in [0.05, 0.1) is 6.04 Å². The number of carbonyl (C=O) groups excluding carboxylic acids is 1. The quantitative estimate of drug-likeness (QED) is 0.417. The molecule has 0 radical (unpaired) electrons. The largest absolute Gasteiger partial charge is 0.489 e. The molecule has 0 aliphatic heterocycles. The van der Waals surface area contributed by atoms with Gasteiger partial charge < -0.3 is 14.8 Å². The number of anilines is 1. The number of aromatic nitrogens is 4. The molecule has 0 spiro atoms. The second kappa shape index (κ2) is 9.52. The minimum absolute atomic E-state index is 0.0914. The lowest BCUT2D eigenvalue weighted by Crippen LogP contribution is -2.20. The second-order valence-corrected chi connectivity index (χ2v) is 7.84. The third kappa shape index (κ3) is 5.35. The van der Waals surface area contributed by atoms with Gasteiger partial charge in [-0.25, -0.2) is 4.68 Å². The Morgan fingerprint density at radius 1 is 0.909 bits per heavy atom. The first kappa shape index (κ1) is 20.7. The summed E-state index contributed by atoms with van der Waals surface area (Å²) in [4.78, 5) is 12.3. The summed E-state index contributed by atoms with van der Waals surface area (Å²) in [6, 6.07) is 25.0. The van der Waals surface area contributed by atoms with Crippen LogP contribution in [0.15, 0.2) is 78.9 Å². The van der Waals surface area contributed by atoms with E-state index in [0.717, 1.165) is 35.5 Å². The van der Waals surface area contributed by atoms with Crippen LogP contribution in [0.5, 0.6) is 11.5 Å². The maximum absolute atomic E-state index is 12.3. The van der Waals surface area contributed by atoms with Crippen molar-refractivity contribution in [3.63, 3.8) is 0 Å². The number of tetrazole rings is 1. The van der Waals surface area contributed by atoms with Crippen molar-refractivity contribution in [1.82, 2.24) is 20.2 Å². The molecule has 8 nitrogen and oxygen atoms in total. The van der Waals surface area contributed by atoms with Crippen molar-refractivity contribution in [2.45, 2.75) is 25.5 Å². The van der Waals surface area contributed by atoms with E-state index in [9.17, 15) is 4.79 Å². The maximum Gasteiger partial charge on any atom is 0.262 e. The molecule has 4 aromatic rings. The van der Waals surface area contributed by atoms with E-state index < -0.39 is 0 Å². The lowest BCUT2D eigenvalue weighted by molar-refractivity contribution is -0.118. The molecule has 1 aromatic heterocycles. The van der Waals surface area contributed by atoms with Crippen LogP contribution < -0.4 is 14.8 Å². The van der Waals surface area contributed by atoms with E-state index in [1.165, 1.54) is 0 Å². The van der Waals surface area contributed by atoms with Crippen molar-refractivity contribution in [3.8, 4) is 22.9 Å². The molecule has 1 aliphatic carbocycles. The van der Waals surface area contributed by atoms with Crippen molar-refractivity contribution in [3.05, 3.63) is 84.4 Å². The molecule has 166 valence electrons. The summed E-state index contributed by atoms with van der Waals surface area (Å²) in [6.07, 6.45) is 2.21. The maximum atomic E-state index is 12.3. The fraction of sp³-hybridized carbons (Fsp3) is 0.200. The first-order valence-electron chi connectivity index (χ1n) is 10.8. The van der Waals surface area contributed by atoms with E-state index >= 15 is 0 Å². The van der Waals surface area contributed by atoms with E-state index in [2.05, 4.69) is 20.8 Å². The Balaban J connectivity index is 1.10. The summed E-state index contributed by atoms with van der Waals surface area (Å²) in [7, 11) is 0. The molecule has 1 fully saturated rings.